The van der Waals surface area contributed by atoms with Crippen molar-refractivity contribution in [2.75, 3.05) is 12.9 Å². The highest BCUT2D eigenvalue weighted by Gasteiger charge is 2.39. The predicted molar refractivity (Wildman–Crippen MR) is 120 cm³/mol. The van der Waals surface area contributed by atoms with Gasteiger partial charge < -0.3 is 4.74 Å². The second kappa shape index (κ2) is 11.7. The molecule has 5 heteroatoms. The van der Waals surface area contributed by atoms with Crippen molar-refractivity contribution in [2.24, 2.45) is 0 Å². The molecule has 0 aliphatic carbocycles. The zero-order chi connectivity index (χ0) is 20.4. The van der Waals surface area contributed by atoms with Crippen molar-refractivity contribution in [2.45, 2.75) is 74.9 Å². The zero-order valence-corrected chi connectivity index (χ0v) is 18.9. The van der Waals surface area contributed by atoms with Crippen LogP contribution in [0.5, 0.6) is 0 Å². The van der Waals surface area contributed by atoms with Crippen molar-refractivity contribution < 1.29 is 14.3 Å². The van der Waals surface area contributed by atoms with Gasteiger partial charge in [-0.1, -0.05) is 75.4 Å². The molecule has 0 N–H and O–H groups in total. The summed E-state index contributed by atoms with van der Waals surface area (Å²) in [5.74, 6) is 0.705. The van der Waals surface area contributed by atoms with Crippen LogP contribution in [-0.4, -0.2) is 28.5 Å². The number of rotatable bonds is 13. The van der Waals surface area contributed by atoms with Crippen LogP contribution >= 0.6 is 23.5 Å². The van der Waals surface area contributed by atoms with Crippen molar-refractivity contribution >= 4 is 34.4 Å². The van der Waals surface area contributed by atoms with E-state index in [1.165, 1.54) is 43.9 Å². The first-order valence-corrected chi connectivity index (χ1v) is 12.2. The first kappa shape index (κ1) is 23.1. The Kier molecular flexibility index (Phi) is 9.66. The summed E-state index contributed by atoms with van der Waals surface area (Å²) >= 11 is 2.98. The third-order valence-corrected chi connectivity index (χ3v) is 7.09. The van der Waals surface area contributed by atoms with Gasteiger partial charge in [-0.15, -0.1) is 11.8 Å². The summed E-state index contributed by atoms with van der Waals surface area (Å²) in [4.78, 5) is 25.5. The fourth-order valence-corrected chi connectivity index (χ4v) is 5.14. The van der Waals surface area contributed by atoms with Crippen LogP contribution in [0, 0.1) is 0 Å². The Morgan fingerprint density at radius 2 is 1.86 bits per heavy atom. The van der Waals surface area contributed by atoms with Crippen molar-refractivity contribution in [1.82, 2.24) is 0 Å². The van der Waals surface area contributed by atoms with E-state index in [9.17, 15) is 9.59 Å². The van der Waals surface area contributed by atoms with E-state index in [0.717, 1.165) is 23.3 Å². The fraction of sp³-hybridized carbons (Fsp3) is 0.565. The summed E-state index contributed by atoms with van der Waals surface area (Å²) in [6.07, 6.45) is 12.2. The van der Waals surface area contributed by atoms with E-state index >= 15 is 0 Å². The molecule has 0 aromatic heterocycles. The first-order valence-electron chi connectivity index (χ1n) is 10.2. The van der Waals surface area contributed by atoms with Crippen LogP contribution in [0.1, 0.15) is 64.4 Å². The molecule has 0 saturated carbocycles. The Balaban J connectivity index is 1.84. The maximum absolute atomic E-state index is 12.4. The van der Waals surface area contributed by atoms with Gasteiger partial charge in [0.15, 0.2) is 5.78 Å². The highest BCUT2D eigenvalue weighted by molar-refractivity contribution is 8.15. The SMILES string of the molecule is CCCCCCCCC1(C)SC(=O)C=C1OCC(=O)Cc1ccccc1SC. The molecular weight excluding hydrogens is 388 g/mol. The second-order valence-electron chi connectivity index (χ2n) is 7.49. The molecule has 0 saturated heterocycles. The van der Waals surface area contributed by atoms with Gasteiger partial charge in [0.05, 0.1) is 4.75 Å². The topological polar surface area (TPSA) is 43.4 Å². The van der Waals surface area contributed by atoms with Gasteiger partial charge in [0.1, 0.15) is 12.4 Å². The van der Waals surface area contributed by atoms with Gasteiger partial charge in [0.2, 0.25) is 5.12 Å². The van der Waals surface area contributed by atoms with Crippen molar-refractivity contribution in [3.8, 4) is 0 Å². The Bertz CT molecular complexity index is 699. The lowest BCUT2D eigenvalue weighted by Crippen LogP contribution is -2.24. The van der Waals surface area contributed by atoms with Crippen molar-refractivity contribution in [1.29, 1.82) is 0 Å². The van der Waals surface area contributed by atoms with Crippen molar-refractivity contribution in [3.05, 3.63) is 41.7 Å². The smallest absolute Gasteiger partial charge is 0.216 e. The van der Waals surface area contributed by atoms with E-state index in [4.69, 9.17) is 4.74 Å². The Hall–Kier alpha value is -1.20. The van der Waals surface area contributed by atoms with E-state index < -0.39 is 0 Å². The molecule has 0 spiro atoms. The van der Waals surface area contributed by atoms with Gasteiger partial charge >= 0.3 is 0 Å². The Labute approximate surface area is 178 Å². The summed E-state index contributed by atoms with van der Waals surface area (Å²) < 4.78 is 5.52. The fourth-order valence-electron chi connectivity index (χ4n) is 3.44. The molecule has 0 amide bonds. The van der Waals surface area contributed by atoms with E-state index in [1.807, 2.05) is 30.5 Å². The van der Waals surface area contributed by atoms with Crippen LogP contribution in [0.25, 0.3) is 0 Å². The molecule has 0 radical (unpaired) electrons. The number of ether oxygens (including phenoxy) is 1. The van der Waals surface area contributed by atoms with Gasteiger partial charge in [-0.3, -0.25) is 9.59 Å². The third kappa shape index (κ3) is 7.00. The average molecular weight is 421 g/mol. The molecule has 3 nitrogen and oxygen atoms in total. The van der Waals surface area contributed by atoms with Crippen LogP contribution in [-0.2, 0) is 20.7 Å². The molecule has 1 heterocycles. The molecule has 1 atom stereocenters. The maximum Gasteiger partial charge on any atom is 0.216 e. The number of Topliss-reactive ketones (excluding diaryl/α,β-unsaturated/α-hetero) is 1. The van der Waals surface area contributed by atoms with E-state index in [-0.39, 0.29) is 22.3 Å². The second-order valence-corrected chi connectivity index (χ2v) is 9.85. The lowest BCUT2D eigenvalue weighted by atomic mass is 9.99. The third-order valence-electron chi connectivity index (χ3n) is 5.07. The van der Waals surface area contributed by atoms with Gasteiger partial charge in [-0.2, -0.15) is 0 Å². The summed E-state index contributed by atoms with van der Waals surface area (Å²) in [5, 5.41) is 0.0312. The quantitative estimate of drug-likeness (QED) is 0.281. The highest BCUT2D eigenvalue weighted by Crippen LogP contribution is 2.44. The minimum atomic E-state index is -0.334. The molecule has 1 aliphatic rings. The van der Waals surface area contributed by atoms with Crippen LogP contribution in [0.2, 0.25) is 0 Å². The first-order chi connectivity index (χ1) is 13.5. The summed E-state index contributed by atoms with van der Waals surface area (Å²) in [5.41, 5.74) is 1.03. The van der Waals surface area contributed by atoms with Gasteiger partial charge in [-0.05, 0) is 31.2 Å². The molecule has 0 bridgehead atoms. The number of carbonyl (C=O) groups is 2. The van der Waals surface area contributed by atoms with Gasteiger partial charge in [0, 0.05) is 17.4 Å². The Morgan fingerprint density at radius 1 is 1.14 bits per heavy atom. The predicted octanol–water partition coefficient (Wildman–Crippen LogP) is 6.20. The number of hydrogen-bond donors (Lipinski definition) is 0. The number of thioether (sulfide) groups is 2. The number of unbranched alkanes of at least 4 members (excludes halogenated alkanes) is 5. The summed E-state index contributed by atoms with van der Waals surface area (Å²) in [6, 6.07) is 7.95. The van der Waals surface area contributed by atoms with Crippen LogP contribution in [0.15, 0.2) is 41.0 Å². The minimum absolute atomic E-state index is 0.0223. The van der Waals surface area contributed by atoms with Gasteiger partial charge in [-0.25, -0.2) is 0 Å². The van der Waals surface area contributed by atoms with E-state index in [2.05, 4.69) is 13.8 Å². The van der Waals surface area contributed by atoms with Crippen LogP contribution < -0.4 is 0 Å². The lowest BCUT2D eigenvalue weighted by Gasteiger charge is -2.26. The normalized spacial score (nSPS) is 19.0. The Morgan fingerprint density at radius 3 is 2.61 bits per heavy atom. The maximum atomic E-state index is 12.4. The molecule has 0 fully saturated rings. The van der Waals surface area contributed by atoms with E-state index in [1.54, 1.807) is 17.8 Å². The summed E-state index contributed by atoms with van der Waals surface area (Å²) in [6.45, 7) is 4.31. The molecule has 1 unspecified atom stereocenters. The molecular formula is C23H32O3S2. The molecule has 154 valence electrons. The summed E-state index contributed by atoms with van der Waals surface area (Å²) in [7, 11) is 0. The molecule has 1 aliphatic heterocycles. The number of benzene rings is 1. The van der Waals surface area contributed by atoms with Crippen molar-refractivity contribution in [3.63, 3.8) is 0 Å². The zero-order valence-electron chi connectivity index (χ0n) is 17.3. The number of hydrogen-bond acceptors (Lipinski definition) is 5. The van der Waals surface area contributed by atoms with Crippen LogP contribution in [0.3, 0.4) is 0 Å². The molecule has 1 aromatic rings. The van der Waals surface area contributed by atoms with Crippen LogP contribution in [0.4, 0.5) is 0 Å². The lowest BCUT2D eigenvalue weighted by molar-refractivity contribution is -0.122. The monoisotopic (exact) mass is 420 g/mol. The van der Waals surface area contributed by atoms with Gasteiger partial charge in [0.25, 0.3) is 0 Å². The highest BCUT2D eigenvalue weighted by atomic mass is 32.2. The molecule has 2 rings (SSSR count). The number of carbonyl (C=O) groups excluding carboxylic acids is 2. The van der Waals surface area contributed by atoms with E-state index in [0.29, 0.717) is 12.2 Å². The molecule has 1 aromatic carbocycles. The minimum Gasteiger partial charge on any atom is -0.489 e. The standard InChI is InChI=1S/C23H32O3S2/c1-4-5-6-7-8-11-14-23(2)21(16-22(25)28-23)26-17-19(24)15-18-12-9-10-13-20(18)27-3/h9-10,12-13,16H,4-8,11,14-15,17H2,1-3H3. The largest absolute Gasteiger partial charge is 0.489 e. The number of ketones is 1. The molecule has 28 heavy (non-hydrogen) atoms. The average Bonchev–Trinajstić information content (AvgIpc) is 2.97.